The van der Waals surface area contributed by atoms with Gasteiger partial charge in [-0.3, -0.25) is 13.9 Å². The Bertz CT molecular complexity index is 1710. The molecule has 9 heteroatoms. The summed E-state index contributed by atoms with van der Waals surface area (Å²) in [5.41, 5.74) is 3.94. The molecule has 0 fully saturated rings. The largest absolute Gasteiger partial charge is 0.497 e. The number of nitrogens with one attached hydrogen (secondary N) is 1. The molecule has 2 atom stereocenters. The van der Waals surface area contributed by atoms with Gasteiger partial charge in [-0.2, -0.15) is 0 Å². The first-order chi connectivity index (χ1) is 22.0. The first-order valence-corrected chi connectivity index (χ1v) is 16.9. The van der Waals surface area contributed by atoms with Crippen molar-refractivity contribution in [2.24, 2.45) is 0 Å². The average molecular weight is 642 g/mol. The molecule has 8 nitrogen and oxygen atoms in total. The lowest BCUT2D eigenvalue weighted by atomic mass is 10.0. The van der Waals surface area contributed by atoms with Gasteiger partial charge >= 0.3 is 0 Å². The Labute approximate surface area is 273 Å². The van der Waals surface area contributed by atoms with Gasteiger partial charge < -0.3 is 15.0 Å². The predicted octanol–water partition coefficient (Wildman–Crippen LogP) is 6.06. The Hall–Kier alpha value is -4.63. The van der Waals surface area contributed by atoms with Gasteiger partial charge in [0.2, 0.25) is 11.8 Å². The molecule has 46 heavy (non-hydrogen) atoms. The van der Waals surface area contributed by atoms with E-state index >= 15 is 0 Å². The maximum atomic E-state index is 14.6. The van der Waals surface area contributed by atoms with Crippen molar-refractivity contribution in [1.82, 2.24) is 10.2 Å². The maximum absolute atomic E-state index is 14.6. The Kier molecular flexibility index (Phi) is 11.6. The summed E-state index contributed by atoms with van der Waals surface area (Å²) in [5, 5.41) is 3.06. The zero-order chi connectivity index (χ0) is 33.3. The Morgan fingerprint density at radius 3 is 2.07 bits per heavy atom. The Morgan fingerprint density at radius 1 is 0.826 bits per heavy atom. The lowest BCUT2D eigenvalue weighted by molar-refractivity contribution is -0.140. The van der Waals surface area contributed by atoms with Crippen LogP contribution in [0.4, 0.5) is 5.69 Å². The number of carbonyl (C=O) groups is 2. The summed E-state index contributed by atoms with van der Waals surface area (Å²) in [7, 11) is -2.70. The van der Waals surface area contributed by atoms with Gasteiger partial charge in [0, 0.05) is 25.1 Å². The second-order valence-corrected chi connectivity index (χ2v) is 13.4. The van der Waals surface area contributed by atoms with E-state index in [1.54, 1.807) is 36.4 Å². The van der Waals surface area contributed by atoms with E-state index < -0.39 is 28.5 Å². The number of sulfonamides is 1. The monoisotopic (exact) mass is 641 g/mol. The average Bonchev–Trinajstić information content (AvgIpc) is 3.06. The summed E-state index contributed by atoms with van der Waals surface area (Å²) >= 11 is 0. The molecule has 0 saturated heterocycles. The lowest BCUT2D eigenvalue weighted by Gasteiger charge is -2.34. The van der Waals surface area contributed by atoms with Gasteiger partial charge in [-0.25, -0.2) is 8.42 Å². The predicted molar refractivity (Wildman–Crippen MR) is 182 cm³/mol. The molecule has 4 aromatic carbocycles. The van der Waals surface area contributed by atoms with Crippen molar-refractivity contribution in [3.8, 4) is 5.75 Å². The first-order valence-electron chi connectivity index (χ1n) is 15.4. The normalized spacial score (nSPS) is 12.5. The van der Waals surface area contributed by atoms with Crippen LogP contribution in [-0.4, -0.2) is 50.9 Å². The zero-order valence-corrected chi connectivity index (χ0v) is 28.0. The Balaban J connectivity index is 1.82. The number of aryl methyl sites for hydroxylation is 2. The molecule has 0 bridgehead atoms. The van der Waals surface area contributed by atoms with Gasteiger partial charge in [0.25, 0.3) is 10.0 Å². The van der Waals surface area contributed by atoms with Crippen LogP contribution in [0.15, 0.2) is 108 Å². The van der Waals surface area contributed by atoms with E-state index in [9.17, 15) is 18.0 Å². The van der Waals surface area contributed by atoms with Gasteiger partial charge in [-0.1, -0.05) is 90.8 Å². The third-order valence-corrected chi connectivity index (χ3v) is 9.76. The molecule has 0 aliphatic heterocycles. The molecule has 1 N–H and O–H groups in total. The summed E-state index contributed by atoms with van der Waals surface area (Å²) < 4.78 is 34.9. The van der Waals surface area contributed by atoms with E-state index in [0.717, 1.165) is 26.6 Å². The second-order valence-electron chi connectivity index (χ2n) is 11.6. The molecular weight excluding hydrogens is 598 g/mol. The van der Waals surface area contributed by atoms with Crippen LogP contribution < -0.4 is 14.4 Å². The highest BCUT2D eigenvalue weighted by Gasteiger charge is 2.35. The third kappa shape index (κ3) is 8.75. The molecule has 2 amide bonds. The molecule has 0 heterocycles. The number of hydrogen-bond acceptors (Lipinski definition) is 5. The molecule has 0 saturated carbocycles. The van der Waals surface area contributed by atoms with Crippen molar-refractivity contribution in [1.29, 1.82) is 0 Å². The summed E-state index contributed by atoms with van der Waals surface area (Å²) in [4.78, 5) is 30.1. The van der Waals surface area contributed by atoms with Crippen molar-refractivity contribution in [3.05, 3.63) is 125 Å². The summed E-state index contributed by atoms with van der Waals surface area (Å²) in [5.74, 6) is -0.368. The molecule has 0 radical (unpaired) electrons. The van der Waals surface area contributed by atoms with Gasteiger partial charge in [-0.05, 0) is 62.6 Å². The number of rotatable bonds is 14. The van der Waals surface area contributed by atoms with E-state index in [4.69, 9.17) is 4.74 Å². The van der Waals surface area contributed by atoms with Crippen LogP contribution >= 0.6 is 0 Å². The topological polar surface area (TPSA) is 96.0 Å². The molecule has 0 aliphatic carbocycles. The molecule has 2 unspecified atom stereocenters. The van der Waals surface area contributed by atoms with Crippen LogP contribution in [0.2, 0.25) is 0 Å². The summed E-state index contributed by atoms with van der Waals surface area (Å²) in [6.07, 6.45) is 0.971. The number of methoxy groups -OCH3 is 1. The molecule has 0 aliphatic rings. The zero-order valence-electron chi connectivity index (χ0n) is 27.1. The molecule has 242 valence electrons. The SMILES string of the molecule is CCC(C)NC(=O)C(Cc1ccccc1)N(Cc1ccc(C)cc1)C(=O)CN(c1cccc(OC)c1)S(=O)(=O)c1ccc(C)cc1. The van der Waals surface area contributed by atoms with Crippen molar-refractivity contribution < 1.29 is 22.7 Å². The van der Waals surface area contributed by atoms with Gasteiger partial charge in [0.1, 0.15) is 18.3 Å². The van der Waals surface area contributed by atoms with Crippen LogP contribution in [0, 0.1) is 13.8 Å². The van der Waals surface area contributed by atoms with Gasteiger partial charge in [0.15, 0.2) is 0 Å². The van der Waals surface area contributed by atoms with Crippen molar-refractivity contribution in [3.63, 3.8) is 0 Å². The number of ether oxygens (including phenoxy) is 1. The van der Waals surface area contributed by atoms with Crippen LogP contribution in [0.25, 0.3) is 0 Å². The third-order valence-electron chi connectivity index (χ3n) is 7.97. The molecule has 4 aromatic rings. The van der Waals surface area contributed by atoms with E-state index in [1.165, 1.54) is 24.1 Å². The standard InChI is InChI=1S/C37H43N3O5S/c1-6-29(4)38-37(42)35(23-30-11-8-7-9-12-30)39(25-31-19-15-27(2)16-20-31)36(41)26-40(32-13-10-14-33(24-32)45-5)46(43,44)34-21-17-28(3)18-22-34/h7-22,24,29,35H,6,23,25-26H2,1-5H3,(H,38,42). The van der Waals surface area contributed by atoms with Crippen LogP contribution in [0.3, 0.4) is 0 Å². The highest BCUT2D eigenvalue weighted by Crippen LogP contribution is 2.28. The fourth-order valence-corrected chi connectivity index (χ4v) is 6.42. The fraction of sp³-hybridized carbons (Fsp3) is 0.297. The molecular formula is C37H43N3O5S. The minimum absolute atomic E-state index is 0.0501. The molecule has 0 aromatic heterocycles. The maximum Gasteiger partial charge on any atom is 0.264 e. The quantitative estimate of drug-likeness (QED) is 0.181. The lowest BCUT2D eigenvalue weighted by Crippen LogP contribution is -2.54. The first kappa shape index (κ1) is 34.2. The van der Waals surface area contributed by atoms with Crippen molar-refractivity contribution in [2.45, 2.75) is 64.1 Å². The minimum atomic E-state index is -4.20. The number of benzene rings is 4. The van der Waals surface area contributed by atoms with Crippen LogP contribution in [-0.2, 0) is 32.6 Å². The highest BCUT2D eigenvalue weighted by molar-refractivity contribution is 7.92. The van der Waals surface area contributed by atoms with E-state index in [0.29, 0.717) is 12.2 Å². The summed E-state index contributed by atoms with van der Waals surface area (Å²) in [6, 6.07) is 29.4. The van der Waals surface area contributed by atoms with E-state index in [2.05, 4.69) is 5.32 Å². The fourth-order valence-electron chi connectivity index (χ4n) is 5.02. The number of nitrogens with zero attached hydrogens (tertiary/aromatic N) is 2. The van der Waals surface area contributed by atoms with Crippen molar-refractivity contribution in [2.75, 3.05) is 18.0 Å². The number of amides is 2. The summed E-state index contributed by atoms with van der Waals surface area (Å²) in [6.45, 7) is 7.33. The van der Waals surface area contributed by atoms with E-state index in [-0.39, 0.29) is 35.5 Å². The van der Waals surface area contributed by atoms with E-state index in [1.807, 2.05) is 82.3 Å². The van der Waals surface area contributed by atoms with Gasteiger partial charge in [0.05, 0.1) is 17.7 Å². The second kappa shape index (κ2) is 15.6. The van der Waals surface area contributed by atoms with Crippen LogP contribution in [0.5, 0.6) is 5.75 Å². The molecule has 4 rings (SSSR count). The van der Waals surface area contributed by atoms with Crippen molar-refractivity contribution >= 4 is 27.5 Å². The van der Waals surface area contributed by atoms with Gasteiger partial charge in [-0.15, -0.1) is 0 Å². The number of carbonyl (C=O) groups excluding carboxylic acids is 2. The highest BCUT2D eigenvalue weighted by atomic mass is 32.2. The van der Waals surface area contributed by atoms with Crippen LogP contribution in [0.1, 0.15) is 42.5 Å². The minimum Gasteiger partial charge on any atom is -0.497 e. The number of anilines is 1. The Morgan fingerprint density at radius 2 is 1.46 bits per heavy atom. The molecule has 0 spiro atoms. The number of hydrogen-bond donors (Lipinski definition) is 1. The smallest absolute Gasteiger partial charge is 0.264 e.